The van der Waals surface area contributed by atoms with Crippen LogP contribution in [0.4, 0.5) is 0 Å². The lowest BCUT2D eigenvalue weighted by Crippen LogP contribution is -2.22. The highest BCUT2D eigenvalue weighted by Crippen LogP contribution is 2.19. The summed E-state index contributed by atoms with van der Waals surface area (Å²) in [6, 6.07) is 4.80. The van der Waals surface area contributed by atoms with Gasteiger partial charge in [-0.3, -0.25) is 4.98 Å². The second-order valence-electron chi connectivity index (χ2n) is 5.44. The SMILES string of the molecule is CNC(Cc1ncnn1C(C)C)c1cc(C)nc(C)c1. The minimum absolute atomic E-state index is 0.220. The fourth-order valence-corrected chi connectivity index (χ4v) is 2.49. The van der Waals surface area contributed by atoms with E-state index in [2.05, 4.69) is 46.4 Å². The van der Waals surface area contributed by atoms with Gasteiger partial charge in [-0.1, -0.05) is 0 Å². The van der Waals surface area contributed by atoms with Crippen molar-refractivity contribution >= 4 is 0 Å². The normalized spacial score (nSPS) is 12.9. The van der Waals surface area contributed by atoms with Gasteiger partial charge >= 0.3 is 0 Å². The summed E-state index contributed by atoms with van der Waals surface area (Å²) in [5.74, 6) is 1.01. The van der Waals surface area contributed by atoms with E-state index in [9.17, 15) is 0 Å². The van der Waals surface area contributed by atoms with Gasteiger partial charge in [0.2, 0.25) is 0 Å². The molecule has 20 heavy (non-hydrogen) atoms. The van der Waals surface area contributed by atoms with Gasteiger partial charge in [0.05, 0.1) is 0 Å². The lowest BCUT2D eigenvalue weighted by molar-refractivity contribution is 0.477. The molecule has 0 aliphatic rings. The third-order valence-electron chi connectivity index (χ3n) is 3.38. The number of rotatable bonds is 5. The van der Waals surface area contributed by atoms with E-state index in [-0.39, 0.29) is 6.04 Å². The summed E-state index contributed by atoms with van der Waals surface area (Å²) in [4.78, 5) is 8.82. The van der Waals surface area contributed by atoms with E-state index in [0.717, 1.165) is 23.6 Å². The molecule has 2 aromatic rings. The van der Waals surface area contributed by atoms with Crippen molar-refractivity contribution in [3.8, 4) is 0 Å². The molecule has 0 bridgehead atoms. The van der Waals surface area contributed by atoms with Crippen molar-refractivity contribution in [2.45, 2.75) is 46.2 Å². The molecule has 2 rings (SSSR count). The first-order valence-corrected chi connectivity index (χ1v) is 7.02. The fraction of sp³-hybridized carbons (Fsp3) is 0.533. The van der Waals surface area contributed by atoms with Crippen LogP contribution in [0.3, 0.4) is 0 Å². The predicted octanol–water partition coefficient (Wildman–Crippen LogP) is 2.37. The lowest BCUT2D eigenvalue weighted by Gasteiger charge is -2.18. The Bertz CT molecular complexity index is 553. The molecule has 1 unspecified atom stereocenters. The molecule has 1 N–H and O–H groups in total. The van der Waals surface area contributed by atoms with Crippen LogP contribution in [0, 0.1) is 13.8 Å². The largest absolute Gasteiger partial charge is 0.313 e. The van der Waals surface area contributed by atoms with Gasteiger partial charge in [-0.25, -0.2) is 9.67 Å². The molecule has 0 aromatic carbocycles. The zero-order valence-corrected chi connectivity index (χ0v) is 12.9. The van der Waals surface area contributed by atoms with Crippen molar-refractivity contribution in [1.29, 1.82) is 0 Å². The Morgan fingerprint density at radius 2 is 1.85 bits per heavy atom. The van der Waals surface area contributed by atoms with Crippen molar-refractivity contribution in [1.82, 2.24) is 25.1 Å². The number of pyridine rings is 1. The van der Waals surface area contributed by atoms with E-state index in [1.54, 1.807) is 6.33 Å². The van der Waals surface area contributed by atoms with Crippen LogP contribution in [-0.4, -0.2) is 26.8 Å². The lowest BCUT2D eigenvalue weighted by atomic mass is 10.0. The van der Waals surface area contributed by atoms with Crippen molar-refractivity contribution in [3.05, 3.63) is 41.2 Å². The molecule has 5 heteroatoms. The Kier molecular flexibility index (Phi) is 4.49. The van der Waals surface area contributed by atoms with E-state index in [0.29, 0.717) is 6.04 Å². The maximum absolute atomic E-state index is 4.43. The van der Waals surface area contributed by atoms with Crippen LogP contribution in [0.15, 0.2) is 18.5 Å². The van der Waals surface area contributed by atoms with Crippen LogP contribution < -0.4 is 5.32 Å². The summed E-state index contributed by atoms with van der Waals surface area (Å²) in [6.45, 7) is 8.29. The number of hydrogen-bond donors (Lipinski definition) is 1. The van der Waals surface area contributed by atoms with Crippen molar-refractivity contribution in [3.63, 3.8) is 0 Å². The first-order valence-electron chi connectivity index (χ1n) is 7.02. The third kappa shape index (κ3) is 3.22. The van der Waals surface area contributed by atoms with Crippen molar-refractivity contribution < 1.29 is 0 Å². The smallest absolute Gasteiger partial charge is 0.138 e. The maximum atomic E-state index is 4.43. The van der Waals surface area contributed by atoms with E-state index in [1.165, 1.54) is 5.56 Å². The molecule has 0 aliphatic carbocycles. The van der Waals surface area contributed by atoms with E-state index < -0.39 is 0 Å². The molecule has 0 amide bonds. The quantitative estimate of drug-likeness (QED) is 0.908. The van der Waals surface area contributed by atoms with Gasteiger partial charge in [0.15, 0.2) is 0 Å². The van der Waals surface area contributed by atoms with Gasteiger partial charge in [-0.15, -0.1) is 0 Å². The second-order valence-corrected chi connectivity index (χ2v) is 5.44. The minimum Gasteiger partial charge on any atom is -0.313 e. The number of likely N-dealkylation sites (N-methyl/N-ethyl adjacent to an activating group) is 1. The molecular formula is C15H23N5. The molecule has 2 heterocycles. The number of nitrogens with zero attached hydrogens (tertiary/aromatic N) is 4. The highest BCUT2D eigenvalue weighted by molar-refractivity contribution is 5.24. The summed E-state index contributed by atoms with van der Waals surface area (Å²) in [5.41, 5.74) is 3.34. The number of nitrogens with one attached hydrogen (secondary N) is 1. The average molecular weight is 273 g/mol. The number of aromatic nitrogens is 4. The monoisotopic (exact) mass is 273 g/mol. The predicted molar refractivity (Wildman–Crippen MR) is 79.6 cm³/mol. The molecule has 0 radical (unpaired) electrons. The topological polar surface area (TPSA) is 55.6 Å². The zero-order valence-electron chi connectivity index (χ0n) is 12.9. The Labute approximate surface area is 120 Å². The van der Waals surface area contributed by atoms with Gasteiger partial charge in [-0.2, -0.15) is 5.10 Å². The first-order chi connectivity index (χ1) is 9.51. The van der Waals surface area contributed by atoms with Gasteiger partial charge in [0, 0.05) is 29.9 Å². The van der Waals surface area contributed by atoms with Crippen LogP contribution in [0.2, 0.25) is 0 Å². The summed E-state index contributed by atoms with van der Waals surface area (Å²) >= 11 is 0. The molecule has 1 atom stereocenters. The Morgan fingerprint density at radius 1 is 1.20 bits per heavy atom. The second kappa shape index (κ2) is 6.13. The number of hydrogen-bond acceptors (Lipinski definition) is 4. The van der Waals surface area contributed by atoms with Crippen LogP contribution in [0.25, 0.3) is 0 Å². The van der Waals surface area contributed by atoms with Crippen molar-refractivity contribution in [2.75, 3.05) is 7.05 Å². The highest BCUT2D eigenvalue weighted by atomic mass is 15.3. The molecule has 0 fully saturated rings. The highest BCUT2D eigenvalue weighted by Gasteiger charge is 2.16. The zero-order chi connectivity index (χ0) is 14.7. The summed E-state index contributed by atoms with van der Waals surface area (Å²) < 4.78 is 1.98. The standard InChI is InChI=1S/C15H23N5/c1-10(2)20-15(17-9-18-20)8-14(16-5)13-6-11(3)19-12(4)7-13/h6-7,9-10,14,16H,8H2,1-5H3. The summed E-state index contributed by atoms with van der Waals surface area (Å²) in [6.07, 6.45) is 2.45. The van der Waals surface area contributed by atoms with Crippen LogP contribution >= 0.6 is 0 Å². The minimum atomic E-state index is 0.220. The Hall–Kier alpha value is -1.75. The molecule has 0 saturated carbocycles. The first kappa shape index (κ1) is 14.7. The molecular weight excluding hydrogens is 250 g/mol. The van der Waals surface area contributed by atoms with Gasteiger partial charge < -0.3 is 5.32 Å². The Balaban J connectivity index is 2.26. The number of aryl methyl sites for hydroxylation is 2. The van der Waals surface area contributed by atoms with Crippen LogP contribution in [0.5, 0.6) is 0 Å². The van der Waals surface area contributed by atoms with Gasteiger partial charge in [0.25, 0.3) is 0 Å². The van der Waals surface area contributed by atoms with Crippen molar-refractivity contribution in [2.24, 2.45) is 0 Å². The summed E-state index contributed by atoms with van der Waals surface area (Å²) in [5, 5.41) is 7.67. The van der Waals surface area contributed by atoms with Crippen LogP contribution in [0.1, 0.15) is 48.7 Å². The molecule has 2 aromatic heterocycles. The summed E-state index contributed by atoms with van der Waals surface area (Å²) in [7, 11) is 1.98. The Morgan fingerprint density at radius 3 is 2.40 bits per heavy atom. The van der Waals surface area contributed by atoms with E-state index in [4.69, 9.17) is 0 Å². The molecule has 0 saturated heterocycles. The van der Waals surface area contributed by atoms with Crippen LogP contribution in [-0.2, 0) is 6.42 Å². The molecule has 0 spiro atoms. The molecule has 0 aliphatic heterocycles. The fourth-order valence-electron chi connectivity index (χ4n) is 2.49. The molecule has 108 valence electrons. The maximum Gasteiger partial charge on any atom is 0.138 e. The molecule has 5 nitrogen and oxygen atoms in total. The van der Waals surface area contributed by atoms with Gasteiger partial charge in [0.1, 0.15) is 12.2 Å². The third-order valence-corrected chi connectivity index (χ3v) is 3.38. The average Bonchev–Trinajstić information content (AvgIpc) is 2.82. The van der Waals surface area contributed by atoms with E-state index >= 15 is 0 Å². The van der Waals surface area contributed by atoms with E-state index in [1.807, 2.05) is 25.6 Å². The van der Waals surface area contributed by atoms with Gasteiger partial charge in [-0.05, 0) is 52.4 Å².